The van der Waals surface area contributed by atoms with E-state index in [0.29, 0.717) is 5.82 Å². The first-order chi connectivity index (χ1) is 40.2. The van der Waals surface area contributed by atoms with Gasteiger partial charge in [-0.25, -0.2) is 15.0 Å². The van der Waals surface area contributed by atoms with Crippen molar-refractivity contribution in [2.45, 2.75) is 38.5 Å². The molecule has 2 heterocycles. The van der Waals surface area contributed by atoms with Crippen LogP contribution in [0.1, 0.15) is 55.5 Å². The van der Waals surface area contributed by atoms with Crippen molar-refractivity contribution in [2.75, 3.05) is 0 Å². The molecule has 17 rings (SSSR count). The van der Waals surface area contributed by atoms with E-state index in [9.17, 15) is 0 Å². The maximum atomic E-state index is 5.75. The van der Waals surface area contributed by atoms with Gasteiger partial charge in [-0.3, -0.25) is 0 Å². The highest BCUT2D eigenvalue weighted by Gasteiger charge is 2.37. The number of hydrogen-bond acceptors (Lipinski definition) is 3. The molecule has 13 aromatic rings. The van der Waals surface area contributed by atoms with E-state index in [1.807, 2.05) is 0 Å². The summed E-state index contributed by atoms with van der Waals surface area (Å²) < 4.78 is 0. The molecular formula is C79H53N3. The van der Waals surface area contributed by atoms with E-state index in [2.05, 4.69) is 276 Å². The van der Waals surface area contributed by atoms with E-state index >= 15 is 0 Å². The molecule has 0 saturated heterocycles. The van der Waals surface area contributed by atoms with Crippen LogP contribution in [0.3, 0.4) is 0 Å². The van der Waals surface area contributed by atoms with Crippen LogP contribution in [0.25, 0.3) is 122 Å². The molecule has 0 N–H and O–H groups in total. The molecule has 2 aromatic heterocycles. The summed E-state index contributed by atoms with van der Waals surface area (Å²) in [6.45, 7) is 9.46. The summed E-state index contributed by atoms with van der Waals surface area (Å²) in [6, 6.07) is 89.5. The minimum absolute atomic E-state index is 0.160. The minimum Gasteiger partial charge on any atom is -0.247 e. The molecule has 82 heavy (non-hydrogen) atoms. The lowest BCUT2D eigenvalue weighted by Gasteiger charge is -2.23. The zero-order valence-electron chi connectivity index (χ0n) is 46.0. The first kappa shape index (κ1) is 46.8. The second-order valence-corrected chi connectivity index (χ2v) is 23.8. The number of rotatable bonds is 6. The zero-order chi connectivity index (χ0) is 54.6. The standard InChI is InChI=1S/C79H53N3/c1-78(2)68-26-14-11-21-57(68)59-39-37-50(43-70(59)78)52-41-64(51-38-40-60-58-22-12-15-27-69(58)79(3,4)71(60)44-51)76-67(42-52)75(48-33-31-47(32-34-48)74-63-25-10-8-20-56(63)61-23-13-16-28-72(61)80-74)81-77(82-76)49-35-29-46(30-36-49)73-62-24-9-7-18-54(62)53-17-5-6-19-55(53)65-45-66(65)73/h5-45H,1-4H3. The minimum atomic E-state index is -0.191. The number of aromatic nitrogens is 3. The normalized spacial score (nSPS) is 14.6. The average Bonchev–Trinajstić information content (AvgIpc) is 3.69. The molecule has 4 aliphatic rings. The highest BCUT2D eigenvalue weighted by Crippen LogP contribution is 2.52. The number of fused-ring (bicyclic) bond motifs is 13. The molecular weight excluding hydrogens is 991 g/mol. The third kappa shape index (κ3) is 6.86. The van der Waals surface area contributed by atoms with Gasteiger partial charge in [-0.05, 0) is 146 Å². The average molecular weight is 1040 g/mol. The predicted octanol–water partition coefficient (Wildman–Crippen LogP) is 17.9. The molecule has 0 atom stereocenters. The summed E-state index contributed by atoms with van der Waals surface area (Å²) in [5, 5.41) is 9.56. The topological polar surface area (TPSA) is 38.7 Å². The van der Waals surface area contributed by atoms with Crippen molar-refractivity contribution in [3.8, 4) is 78.4 Å². The van der Waals surface area contributed by atoms with Crippen LogP contribution in [0.4, 0.5) is 0 Å². The first-order valence-electron chi connectivity index (χ1n) is 28.7. The summed E-state index contributed by atoms with van der Waals surface area (Å²) in [5.41, 5.74) is 26.6. The third-order valence-electron chi connectivity index (χ3n) is 18.6. The van der Waals surface area contributed by atoms with Crippen molar-refractivity contribution in [3.05, 3.63) is 303 Å². The molecule has 0 radical (unpaired) electrons. The number of pyridine rings is 1. The highest BCUT2D eigenvalue weighted by molar-refractivity contribution is 6.12. The lowest BCUT2D eigenvalue weighted by atomic mass is 9.81. The van der Waals surface area contributed by atoms with Gasteiger partial charge in [0.05, 0.1) is 22.4 Å². The van der Waals surface area contributed by atoms with E-state index in [1.54, 1.807) is 0 Å². The Hall–Kier alpha value is -10.1. The maximum Gasteiger partial charge on any atom is 0.160 e. The Morgan fingerprint density at radius 3 is 1.46 bits per heavy atom. The summed E-state index contributed by atoms with van der Waals surface area (Å²) in [6.07, 6.45) is 2.34. The van der Waals surface area contributed by atoms with Crippen molar-refractivity contribution in [1.82, 2.24) is 15.0 Å². The van der Waals surface area contributed by atoms with Gasteiger partial charge in [0.15, 0.2) is 5.82 Å². The Kier molecular flexibility index (Phi) is 9.82. The van der Waals surface area contributed by atoms with Crippen LogP contribution in [0.15, 0.2) is 254 Å². The van der Waals surface area contributed by atoms with Gasteiger partial charge >= 0.3 is 0 Å². The van der Waals surface area contributed by atoms with Crippen molar-refractivity contribution >= 4 is 43.7 Å². The summed E-state index contributed by atoms with van der Waals surface area (Å²) in [7, 11) is 0. The second kappa shape index (κ2) is 17.2. The second-order valence-electron chi connectivity index (χ2n) is 23.8. The van der Waals surface area contributed by atoms with Gasteiger partial charge in [-0.2, -0.15) is 0 Å². The predicted molar refractivity (Wildman–Crippen MR) is 338 cm³/mol. The Balaban J connectivity index is 0.896. The van der Waals surface area contributed by atoms with Crippen molar-refractivity contribution in [2.24, 2.45) is 0 Å². The number of hydrogen-bond donors (Lipinski definition) is 0. The molecule has 3 heteroatoms. The van der Waals surface area contributed by atoms with Crippen molar-refractivity contribution in [3.63, 3.8) is 0 Å². The fraction of sp³-hybridized carbons (Fsp3) is 0.0759. The van der Waals surface area contributed by atoms with Gasteiger partial charge in [0.25, 0.3) is 0 Å². The van der Waals surface area contributed by atoms with Crippen LogP contribution >= 0.6 is 0 Å². The van der Waals surface area contributed by atoms with E-state index in [1.165, 1.54) is 98.6 Å². The molecule has 0 spiro atoms. The molecule has 0 aliphatic heterocycles. The van der Waals surface area contributed by atoms with Crippen LogP contribution < -0.4 is 10.4 Å². The van der Waals surface area contributed by atoms with Gasteiger partial charge in [0, 0.05) is 49.2 Å². The monoisotopic (exact) mass is 1040 g/mol. The van der Waals surface area contributed by atoms with Gasteiger partial charge in [-0.15, -0.1) is 0 Å². The molecule has 11 aromatic carbocycles. The third-order valence-corrected chi connectivity index (χ3v) is 18.6. The molecule has 384 valence electrons. The van der Waals surface area contributed by atoms with Crippen molar-refractivity contribution < 1.29 is 0 Å². The Labute approximate surface area is 476 Å². The molecule has 3 nitrogen and oxygen atoms in total. The Bertz CT molecular complexity index is 5250. The highest BCUT2D eigenvalue weighted by atomic mass is 14.9. The van der Waals surface area contributed by atoms with Crippen LogP contribution in [-0.2, 0) is 10.8 Å². The van der Waals surface area contributed by atoms with Crippen LogP contribution in [0.2, 0.25) is 0 Å². The molecule has 0 fully saturated rings. The molecule has 0 amide bonds. The molecule has 4 aliphatic carbocycles. The molecule has 0 unspecified atom stereocenters. The van der Waals surface area contributed by atoms with E-state index in [-0.39, 0.29) is 10.8 Å². The number of para-hydroxylation sites is 1. The van der Waals surface area contributed by atoms with Crippen molar-refractivity contribution in [1.29, 1.82) is 0 Å². The van der Waals surface area contributed by atoms with Gasteiger partial charge in [-0.1, -0.05) is 240 Å². The number of benzene rings is 11. The fourth-order valence-electron chi connectivity index (χ4n) is 14.3. The molecule has 0 bridgehead atoms. The number of allylic oxidation sites excluding steroid dienone is 2. The van der Waals surface area contributed by atoms with Gasteiger partial charge in [0.1, 0.15) is 0 Å². The van der Waals surface area contributed by atoms with Gasteiger partial charge < -0.3 is 0 Å². The van der Waals surface area contributed by atoms with Gasteiger partial charge in [0.2, 0.25) is 0 Å². The van der Waals surface area contributed by atoms with E-state index < -0.39 is 0 Å². The zero-order valence-corrected chi connectivity index (χ0v) is 46.0. The Morgan fingerprint density at radius 1 is 0.293 bits per heavy atom. The maximum absolute atomic E-state index is 5.75. The first-order valence-corrected chi connectivity index (χ1v) is 28.7. The van der Waals surface area contributed by atoms with E-state index in [4.69, 9.17) is 15.0 Å². The Morgan fingerprint density at radius 2 is 0.780 bits per heavy atom. The SMILES string of the molecule is CC1(C)c2ccccc2-c2ccc(-c3cc(-c4ccc5c(c4)C(C)(C)c4ccccc4-5)c4nc(-c5ccc(C6=c7ccccc7=c7ccccc7=C7C=C76)cc5)nc(-c5ccc(-c6nc7ccccc7c7ccccc67)cc5)c4c3)cc21. The summed E-state index contributed by atoms with van der Waals surface area (Å²) in [5.74, 6) is 0.678. The molecule has 0 saturated carbocycles. The number of nitrogens with zero attached hydrogens (tertiary/aromatic N) is 3. The summed E-state index contributed by atoms with van der Waals surface area (Å²) in [4.78, 5) is 16.8. The smallest absolute Gasteiger partial charge is 0.160 e. The lowest BCUT2D eigenvalue weighted by molar-refractivity contribution is 0.660. The largest absolute Gasteiger partial charge is 0.247 e. The summed E-state index contributed by atoms with van der Waals surface area (Å²) >= 11 is 0. The van der Waals surface area contributed by atoms with E-state index in [0.717, 1.165) is 72.0 Å². The quantitative estimate of drug-likeness (QED) is 0.156. The van der Waals surface area contributed by atoms with Crippen LogP contribution in [-0.4, -0.2) is 15.0 Å². The van der Waals surface area contributed by atoms with Crippen LogP contribution in [0.5, 0.6) is 0 Å². The van der Waals surface area contributed by atoms with Crippen LogP contribution in [0, 0.1) is 10.4 Å². The lowest BCUT2D eigenvalue weighted by Crippen LogP contribution is -2.15. The fourth-order valence-corrected chi connectivity index (χ4v) is 14.3.